The second-order valence-corrected chi connectivity index (χ2v) is 8.48. The number of non-ortho nitro benzene ring substituents is 1. The van der Waals surface area contributed by atoms with E-state index in [1.807, 2.05) is 4.90 Å². The zero-order valence-electron chi connectivity index (χ0n) is 18.2. The lowest BCUT2D eigenvalue weighted by Gasteiger charge is -2.17. The number of nitro benzene ring substituents is 2. The van der Waals surface area contributed by atoms with Crippen molar-refractivity contribution in [1.29, 1.82) is 0 Å². The third-order valence-electron chi connectivity index (χ3n) is 5.29. The molecule has 0 saturated carbocycles. The number of aromatic nitrogens is 1. The molecule has 0 radical (unpaired) electrons. The Bertz CT molecular complexity index is 1300. The van der Waals surface area contributed by atoms with Gasteiger partial charge in [-0.3, -0.25) is 30.3 Å². The first-order valence-corrected chi connectivity index (χ1v) is 11.4. The molecule has 0 bridgehead atoms. The monoisotopic (exact) mass is 497 g/mol. The molecule has 1 aliphatic heterocycles. The van der Waals surface area contributed by atoms with E-state index < -0.39 is 28.3 Å². The summed E-state index contributed by atoms with van der Waals surface area (Å²) in [5.41, 5.74) is 1.10. The van der Waals surface area contributed by atoms with E-state index in [9.17, 15) is 29.8 Å². The van der Waals surface area contributed by atoms with Gasteiger partial charge in [-0.15, -0.1) is 11.3 Å². The molecule has 2 heterocycles. The predicted molar refractivity (Wildman–Crippen MR) is 128 cm³/mol. The van der Waals surface area contributed by atoms with Crippen LogP contribution in [0, 0.1) is 20.2 Å². The van der Waals surface area contributed by atoms with Crippen LogP contribution in [0.5, 0.6) is 0 Å². The summed E-state index contributed by atoms with van der Waals surface area (Å²) in [6, 6.07) is 10.0. The van der Waals surface area contributed by atoms with E-state index in [0.717, 1.165) is 30.2 Å². The van der Waals surface area contributed by atoms with E-state index in [-0.39, 0.29) is 22.1 Å². The Hall–Kier alpha value is -4.39. The third kappa shape index (κ3) is 5.58. The summed E-state index contributed by atoms with van der Waals surface area (Å²) < 4.78 is 5.01. The van der Waals surface area contributed by atoms with E-state index in [2.05, 4.69) is 10.3 Å². The quantitative estimate of drug-likeness (QED) is 0.275. The number of anilines is 2. The number of ether oxygens (including phenoxy) is 1. The van der Waals surface area contributed by atoms with Crippen LogP contribution in [-0.4, -0.2) is 46.4 Å². The number of benzene rings is 2. The molecule has 1 saturated heterocycles. The fourth-order valence-corrected chi connectivity index (χ4v) is 4.37. The maximum absolute atomic E-state index is 12.4. The number of rotatable bonds is 8. The molecule has 0 atom stereocenters. The molecule has 12 nitrogen and oxygen atoms in total. The van der Waals surface area contributed by atoms with Crippen LogP contribution in [0.15, 0.2) is 47.8 Å². The lowest BCUT2D eigenvalue weighted by molar-refractivity contribution is -0.384. The van der Waals surface area contributed by atoms with Crippen molar-refractivity contribution in [3.05, 3.63) is 73.6 Å². The largest absolute Gasteiger partial charge is 0.452 e. The van der Waals surface area contributed by atoms with Gasteiger partial charge in [0.05, 0.1) is 21.1 Å². The number of carbonyl (C=O) groups excluding carboxylic acids is 2. The number of nitro groups is 2. The number of hydrogen-bond acceptors (Lipinski definition) is 10. The van der Waals surface area contributed by atoms with E-state index >= 15 is 0 Å². The molecule has 13 heteroatoms. The fraction of sp³-hybridized carbons (Fsp3) is 0.227. The van der Waals surface area contributed by atoms with Crippen molar-refractivity contribution in [2.75, 3.05) is 29.9 Å². The Morgan fingerprint density at radius 1 is 1.09 bits per heavy atom. The Labute approximate surface area is 202 Å². The summed E-state index contributed by atoms with van der Waals surface area (Å²) in [6.45, 7) is 0.807. The molecule has 1 fully saturated rings. The average molecular weight is 497 g/mol. The van der Waals surface area contributed by atoms with Gasteiger partial charge in [0.15, 0.2) is 11.7 Å². The second-order valence-electron chi connectivity index (χ2n) is 7.62. The van der Waals surface area contributed by atoms with Crippen LogP contribution in [0.1, 0.15) is 23.2 Å². The minimum absolute atomic E-state index is 0.0327. The van der Waals surface area contributed by atoms with Crippen LogP contribution in [0.25, 0.3) is 11.3 Å². The minimum Gasteiger partial charge on any atom is -0.452 e. The van der Waals surface area contributed by atoms with Crippen LogP contribution in [-0.2, 0) is 9.53 Å². The first-order chi connectivity index (χ1) is 16.8. The van der Waals surface area contributed by atoms with Crippen molar-refractivity contribution >= 4 is 45.4 Å². The standard InChI is InChI=1S/C22H19N5O7S/c28-20(24-22-23-17(13-35-22)14-4-3-5-16(10-14)26(30)31)12-34-21(29)15-6-7-18(19(11-15)27(32)33)25-8-1-2-9-25/h3-7,10-11,13H,1-2,8-9,12H2,(H,23,24,28). The lowest BCUT2D eigenvalue weighted by atomic mass is 10.1. The highest BCUT2D eigenvalue weighted by Crippen LogP contribution is 2.32. The third-order valence-corrected chi connectivity index (χ3v) is 6.05. The molecule has 2 aromatic carbocycles. The molecule has 1 aliphatic rings. The van der Waals surface area contributed by atoms with Crippen LogP contribution in [0.2, 0.25) is 0 Å². The fourth-order valence-electron chi connectivity index (χ4n) is 3.63. The normalized spacial score (nSPS) is 12.9. The highest BCUT2D eigenvalue weighted by Gasteiger charge is 2.24. The van der Waals surface area contributed by atoms with Crippen LogP contribution in [0.4, 0.5) is 22.2 Å². The van der Waals surface area contributed by atoms with Crippen molar-refractivity contribution in [3.63, 3.8) is 0 Å². The zero-order chi connectivity index (χ0) is 24.9. The summed E-state index contributed by atoms with van der Waals surface area (Å²) in [5.74, 6) is -1.52. The van der Waals surface area contributed by atoms with Gasteiger partial charge >= 0.3 is 5.97 Å². The summed E-state index contributed by atoms with van der Waals surface area (Å²) >= 11 is 1.10. The smallest absolute Gasteiger partial charge is 0.338 e. The maximum Gasteiger partial charge on any atom is 0.338 e. The van der Waals surface area contributed by atoms with Gasteiger partial charge in [0, 0.05) is 42.2 Å². The van der Waals surface area contributed by atoms with Gasteiger partial charge < -0.3 is 9.64 Å². The average Bonchev–Trinajstić information content (AvgIpc) is 3.55. The summed E-state index contributed by atoms with van der Waals surface area (Å²) in [7, 11) is 0. The molecule has 4 rings (SSSR count). The highest BCUT2D eigenvalue weighted by atomic mass is 32.1. The number of nitrogens with zero attached hydrogens (tertiary/aromatic N) is 4. The molecule has 180 valence electrons. The Morgan fingerprint density at radius 3 is 2.57 bits per heavy atom. The molecule has 1 aromatic heterocycles. The summed E-state index contributed by atoms with van der Waals surface area (Å²) in [4.78, 5) is 52.1. The summed E-state index contributed by atoms with van der Waals surface area (Å²) in [5, 5.41) is 26.8. The van der Waals surface area contributed by atoms with Crippen molar-refractivity contribution in [2.24, 2.45) is 0 Å². The highest BCUT2D eigenvalue weighted by molar-refractivity contribution is 7.14. The predicted octanol–water partition coefficient (Wildman–Crippen LogP) is 4.02. The van der Waals surface area contributed by atoms with Gasteiger partial charge in [-0.2, -0.15) is 0 Å². The Balaban J connectivity index is 1.36. The lowest BCUT2D eigenvalue weighted by Crippen LogP contribution is -2.21. The molecule has 0 aliphatic carbocycles. The molecule has 1 amide bonds. The first kappa shape index (κ1) is 23.8. The molecular formula is C22H19N5O7S. The van der Waals surface area contributed by atoms with Crippen molar-refractivity contribution < 1.29 is 24.2 Å². The van der Waals surface area contributed by atoms with E-state index in [1.165, 1.54) is 30.3 Å². The number of hydrogen-bond donors (Lipinski definition) is 1. The summed E-state index contributed by atoms with van der Waals surface area (Å²) in [6.07, 6.45) is 1.89. The van der Waals surface area contributed by atoms with Crippen LogP contribution in [0.3, 0.4) is 0 Å². The van der Waals surface area contributed by atoms with Crippen LogP contribution >= 0.6 is 11.3 Å². The Kier molecular flexibility index (Phi) is 6.96. The first-order valence-electron chi connectivity index (χ1n) is 10.5. The minimum atomic E-state index is -0.868. The SMILES string of the molecule is O=C(COC(=O)c1ccc(N2CCCC2)c([N+](=O)[O-])c1)Nc1nc(-c2cccc([N+](=O)[O-])c2)cs1. The molecule has 0 spiro atoms. The van der Waals surface area contributed by atoms with Gasteiger partial charge in [0.1, 0.15) is 5.69 Å². The number of carbonyl (C=O) groups is 2. The van der Waals surface area contributed by atoms with Gasteiger partial charge in [0.25, 0.3) is 17.3 Å². The van der Waals surface area contributed by atoms with Gasteiger partial charge in [0.2, 0.25) is 0 Å². The van der Waals surface area contributed by atoms with E-state index in [1.54, 1.807) is 11.4 Å². The number of nitrogens with one attached hydrogen (secondary N) is 1. The zero-order valence-corrected chi connectivity index (χ0v) is 19.0. The van der Waals surface area contributed by atoms with E-state index in [0.29, 0.717) is 30.0 Å². The maximum atomic E-state index is 12.4. The number of thiazole rings is 1. The molecular weight excluding hydrogens is 478 g/mol. The van der Waals surface area contributed by atoms with Crippen LogP contribution < -0.4 is 10.2 Å². The molecule has 35 heavy (non-hydrogen) atoms. The van der Waals surface area contributed by atoms with Gasteiger partial charge in [-0.25, -0.2) is 9.78 Å². The molecule has 0 unspecified atom stereocenters. The van der Waals surface area contributed by atoms with Crippen molar-refractivity contribution in [2.45, 2.75) is 12.8 Å². The van der Waals surface area contributed by atoms with Gasteiger partial charge in [-0.1, -0.05) is 12.1 Å². The number of amides is 1. The second kappa shape index (κ2) is 10.3. The molecule has 1 N–H and O–H groups in total. The van der Waals surface area contributed by atoms with Gasteiger partial charge in [-0.05, 0) is 25.0 Å². The molecule has 3 aromatic rings. The Morgan fingerprint density at radius 2 is 1.86 bits per heavy atom. The number of esters is 1. The van der Waals surface area contributed by atoms with Crippen molar-refractivity contribution in [3.8, 4) is 11.3 Å². The van der Waals surface area contributed by atoms with Crippen molar-refractivity contribution in [1.82, 2.24) is 4.98 Å². The topological polar surface area (TPSA) is 158 Å². The van der Waals surface area contributed by atoms with E-state index in [4.69, 9.17) is 4.74 Å².